The molecule has 5 aromatic rings. The quantitative estimate of drug-likeness (QED) is 0.160. The Labute approximate surface area is 233 Å². The third-order valence-corrected chi connectivity index (χ3v) is 8.52. The highest BCUT2D eigenvalue weighted by Crippen LogP contribution is 2.52. The summed E-state index contributed by atoms with van der Waals surface area (Å²) in [4.78, 5) is 0. The van der Waals surface area contributed by atoms with Crippen LogP contribution in [-0.2, 0) is 19.9 Å². The number of pyridine rings is 1. The molecule has 0 amide bonds. The summed E-state index contributed by atoms with van der Waals surface area (Å²) >= 11 is 0. The SMILES string of the molecule is Cc1ccc2c(CC(C)C)c3c(c(C)c2c1)-c1c2c(cc4cc(CC(C)(C)C(F)(F)F)ccc4c2cc[n+]1C)O3. The van der Waals surface area contributed by atoms with Crippen molar-refractivity contribution in [2.24, 2.45) is 18.4 Å². The van der Waals surface area contributed by atoms with E-state index in [4.69, 9.17) is 4.74 Å². The molecule has 0 aliphatic carbocycles. The Kier molecular flexibility index (Phi) is 5.96. The lowest BCUT2D eigenvalue weighted by molar-refractivity contribution is -0.659. The van der Waals surface area contributed by atoms with Gasteiger partial charge in [-0.1, -0.05) is 69.7 Å². The third kappa shape index (κ3) is 4.05. The van der Waals surface area contributed by atoms with E-state index in [-0.39, 0.29) is 6.42 Å². The summed E-state index contributed by atoms with van der Waals surface area (Å²) in [5, 5.41) is 6.45. The fourth-order valence-corrected chi connectivity index (χ4v) is 6.34. The fraction of sp³-hybridized carbons (Fsp3) is 0.343. The number of aromatic nitrogens is 1. The van der Waals surface area contributed by atoms with Gasteiger partial charge in [-0.2, -0.15) is 13.2 Å². The predicted octanol–water partition coefficient (Wildman–Crippen LogP) is 9.69. The fourth-order valence-electron chi connectivity index (χ4n) is 6.34. The van der Waals surface area contributed by atoms with Crippen LogP contribution < -0.4 is 9.30 Å². The van der Waals surface area contributed by atoms with Crippen LogP contribution in [0.25, 0.3) is 43.6 Å². The maximum absolute atomic E-state index is 13.7. The van der Waals surface area contributed by atoms with Crippen molar-refractivity contribution in [2.45, 2.75) is 60.6 Å². The van der Waals surface area contributed by atoms with E-state index in [0.29, 0.717) is 11.5 Å². The van der Waals surface area contributed by atoms with Gasteiger partial charge in [0.25, 0.3) is 0 Å². The number of hydrogen-bond donors (Lipinski definition) is 0. The van der Waals surface area contributed by atoms with Crippen molar-refractivity contribution in [2.75, 3.05) is 0 Å². The first kappa shape index (κ1) is 26.6. The van der Waals surface area contributed by atoms with Gasteiger partial charge in [-0.05, 0) is 71.3 Å². The molecule has 2 nitrogen and oxygen atoms in total. The van der Waals surface area contributed by atoms with Gasteiger partial charge in [-0.3, -0.25) is 0 Å². The van der Waals surface area contributed by atoms with E-state index >= 15 is 0 Å². The van der Waals surface area contributed by atoms with E-state index < -0.39 is 11.6 Å². The summed E-state index contributed by atoms with van der Waals surface area (Å²) in [6.45, 7) is 11.3. The smallest absolute Gasteiger partial charge is 0.394 e. The minimum absolute atomic E-state index is 0.0817. The zero-order valence-electron chi connectivity index (χ0n) is 24.2. The van der Waals surface area contributed by atoms with Crippen LogP contribution in [0, 0.1) is 25.2 Å². The molecule has 6 rings (SSSR count). The van der Waals surface area contributed by atoms with E-state index in [1.165, 1.54) is 41.3 Å². The maximum atomic E-state index is 13.7. The number of hydrogen-bond acceptors (Lipinski definition) is 1. The number of benzene rings is 4. The van der Waals surface area contributed by atoms with Crippen LogP contribution in [0.1, 0.15) is 49.9 Å². The summed E-state index contributed by atoms with van der Waals surface area (Å²) in [6.07, 6.45) is -1.40. The summed E-state index contributed by atoms with van der Waals surface area (Å²) in [5.74, 6) is 2.08. The Bertz CT molecular complexity index is 1850. The molecule has 1 aliphatic rings. The minimum Gasteiger partial charge on any atom is -0.455 e. The number of ether oxygens (including phenoxy) is 1. The lowest BCUT2D eigenvalue weighted by Gasteiger charge is -2.28. The Balaban J connectivity index is 1.65. The second-order valence-electron chi connectivity index (χ2n) is 12.6. The molecule has 4 aromatic carbocycles. The maximum Gasteiger partial charge on any atom is 0.394 e. The van der Waals surface area contributed by atoms with Gasteiger partial charge in [0.1, 0.15) is 18.5 Å². The molecule has 2 heterocycles. The van der Waals surface area contributed by atoms with E-state index in [9.17, 15) is 13.2 Å². The summed E-state index contributed by atoms with van der Waals surface area (Å²) < 4.78 is 50.0. The van der Waals surface area contributed by atoms with Gasteiger partial charge in [0, 0.05) is 17.0 Å². The molecule has 0 N–H and O–H groups in total. The molecule has 0 unspecified atom stereocenters. The lowest BCUT2D eigenvalue weighted by Crippen LogP contribution is -2.34. The minimum atomic E-state index is -4.28. The molecular weight excluding hydrogens is 507 g/mol. The van der Waals surface area contributed by atoms with Crippen molar-refractivity contribution in [3.63, 3.8) is 0 Å². The van der Waals surface area contributed by atoms with Gasteiger partial charge in [-0.15, -0.1) is 0 Å². The predicted molar refractivity (Wildman–Crippen MR) is 157 cm³/mol. The first-order valence-electron chi connectivity index (χ1n) is 14.0. The topological polar surface area (TPSA) is 13.1 Å². The first-order valence-corrected chi connectivity index (χ1v) is 14.0. The van der Waals surface area contributed by atoms with Crippen LogP contribution in [0.5, 0.6) is 11.5 Å². The summed E-state index contributed by atoms with van der Waals surface area (Å²) in [7, 11) is 2.07. The Morgan fingerprint density at radius 2 is 1.60 bits per heavy atom. The third-order valence-electron chi connectivity index (χ3n) is 8.52. The monoisotopic (exact) mass is 542 g/mol. The molecule has 0 saturated carbocycles. The van der Waals surface area contributed by atoms with Crippen molar-refractivity contribution in [1.82, 2.24) is 0 Å². The average Bonchev–Trinajstić information content (AvgIpc) is 2.86. The van der Waals surface area contributed by atoms with Gasteiger partial charge in [0.2, 0.25) is 5.69 Å². The molecule has 40 heavy (non-hydrogen) atoms. The largest absolute Gasteiger partial charge is 0.455 e. The Hall–Kier alpha value is -3.60. The van der Waals surface area contributed by atoms with Gasteiger partial charge in [0.15, 0.2) is 6.20 Å². The first-order chi connectivity index (χ1) is 18.8. The van der Waals surface area contributed by atoms with Crippen molar-refractivity contribution < 1.29 is 22.5 Å². The van der Waals surface area contributed by atoms with Crippen molar-refractivity contribution in [3.8, 4) is 22.8 Å². The normalized spacial score (nSPS) is 13.4. The summed E-state index contributed by atoms with van der Waals surface area (Å²) in [5.41, 5.74) is 4.71. The molecule has 0 saturated heterocycles. The highest BCUT2D eigenvalue weighted by Gasteiger charge is 2.47. The zero-order chi connectivity index (χ0) is 28.7. The second-order valence-corrected chi connectivity index (χ2v) is 12.6. The van der Waals surface area contributed by atoms with Crippen molar-refractivity contribution in [3.05, 3.63) is 77.0 Å². The molecule has 206 valence electrons. The van der Waals surface area contributed by atoms with Gasteiger partial charge >= 0.3 is 6.18 Å². The van der Waals surface area contributed by atoms with E-state index in [1.54, 1.807) is 0 Å². The molecule has 0 spiro atoms. The number of alkyl halides is 3. The molecule has 1 aliphatic heterocycles. The van der Waals surface area contributed by atoms with Crippen LogP contribution in [0.15, 0.2) is 54.7 Å². The standard InChI is InChI=1S/C35H35F3NO/c1-19(2)14-28-25-10-8-20(3)15-27(25)21(4)30-32-31-26(12-13-39(32)7)24-11-9-22(18-34(5,6)35(36,37)38)16-23(24)17-29(31)40-33(28)30/h8-13,15-17,19H,14,18H2,1-7H3/q+1. The van der Waals surface area contributed by atoms with Crippen LogP contribution >= 0.6 is 0 Å². The molecule has 0 atom stereocenters. The number of fused-ring (bicyclic) bond motifs is 5. The Morgan fingerprint density at radius 3 is 2.30 bits per heavy atom. The number of nitrogens with zero attached hydrogens (tertiary/aromatic N) is 1. The van der Waals surface area contributed by atoms with E-state index in [2.05, 4.69) is 69.8 Å². The number of halogens is 3. The zero-order valence-corrected chi connectivity index (χ0v) is 24.2. The van der Waals surface area contributed by atoms with Crippen LogP contribution in [0.2, 0.25) is 0 Å². The van der Waals surface area contributed by atoms with Crippen molar-refractivity contribution in [1.29, 1.82) is 0 Å². The molecule has 0 fully saturated rings. The lowest BCUT2D eigenvalue weighted by atomic mass is 9.83. The van der Waals surface area contributed by atoms with E-state index in [0.717, 1.165) is 50.7 Å². The molecular formula is C35H35F3NO+. The molecule has 0 radical (unpaired) electrons. The van der Waals surface area contributed by atoms with Crippen LogP contribution in [0.4, 0.5) is 13.2 Å². The second kappa shape index (κ2) is 8.95. The summed E-state index contributed by atoms with van der Waals surface area (Å²) in [6, 6.07) is 16.5. The highest BCUT2D eigenvalue weighted by molar-refractivity contribution is 6.16. The van der Waals surface area contributed by atoms with E-state index in [1.807, 2.05) is 24.3 Å². The van der Waals surface area contributed by atoms with Gasteiger partial charge in [0.05, 0.1) is 16.4 Å². The highest BCUT2D eigenvalue weighted by atomic mass is 19.4. The van der Waals surface area contributed by atoms with Crippen molar-refractivity contribution >= 4 is 32.3 Å². The molecule has 1 aromatic heterocycles. The van der Waals surface area contributed by atoms with Crippen LogP contribution in [-0.4, -0.2) is 6.18 Å². The Morgan fingerprint density at radius 1 is 0.875 bits per heavy atom. The number of aryl methyl sites for hydroxylation is 3. The molecule has 0 bridgehead atoms. The van der Waals surface area contributed by atoms with Crippen LogP contribution in [0.3, 0.4) is 0 Å². The molecule has 5 heteroatoms. The van der Waals surface area contributed by atoms with Gasteiger partial charge < -0.3 is 4.74 Å². The van der Waals surface area contributed by atoms with Gasteiger partial charge in [-0.25, -0.2) is 4.57 Å². The average molecular weight is 543 g/mol. The number of rotatable bonds is 4.